The lowest BCUT2D eigenvalue weighted by Crippen LogP contribution is -2.39. The van der Waals surface area contributed by atoms with Gasteiger partial charge in [-0.2, -0.15) is 10.2 Å². The van der Waals surface area contributed by atoms with Gasteiger partial charge in [0.25, 0.3) is 0 Å². The van der Waals surface area contributed by atoms with E-state index in [-0.39, 0.29) is 5.92 Å². The average molecular weight is 274 g/mol. The van der Waals surface area contributed by atoms with Gasteiger partial charge in [-0.1, -0.05) is 12.1 Å². The molecule has 0 saturated carbocycles. The molecule has 3 heterocycles. The average Bonchev–Trinajstić information content (AvgIpc) is 2.92. The van der Waals surface area contributed by atoms with Crippen LogP contribution in [0.2, 0.25) is 0 Å². The highest BCUT2D eigenvalue weighted by Crippen LogP contribution is 2.41. The predicted molar refractivity (Wildman–Crippen MR) is 73.9 cm³/mol. The van der Waals surface area contributed by atoms with Gasteiger partial charge in [-0.15, -0.1) is 0 Å². The first kappa shape index (κ1) is 13.6. The third-order valence-electron chi connectivity index (χ3n) is 4.91. The largest absolute Gasteiger partial charge is 0.339 e. The molecule has 5 heteroatoms. The van der Waals surface area contributed by atoms with Gasteiger partial charge >= 0.3 is 0 Å². The van der Waals surface area contributed by atoms with Crippen molar-refractivity contribution >= 4 is 0 Å². The summed E-state index contributed by atoms with van der Waals surface area (Å²) in [5.74, 6) is 2.30. The van der Waals surface area contributed by atoms with E-state index < -0.39 is 0 Å². The van der Waals surface area contributed by atoms with Crippen LogP contribution >= 0.6 is 0 Å². The minimum Gasteiger partial charge on any atom is -0.339 e. The van der Waals surface area contributed by atoms with E-state index in [9.17, 15) is 0 Å². The molecule has 0 aromatic carbocycles. The van der Waals surface area contributed by atoms with E-state index in [0.29, 0.717) is 36.7 Å². The highest BCUT2D eigenvalue weighted by Gasteiger charge is 2.40. The minimum absolute atomic E-state index is 0.280. The Morgan fingerprint density at radius 3 is 2.75 bits per heavy atom. The van der Waals surface area contributed by atoms with E-state index in [2.05, 4.69) is 28.2 Å². The van der Waals surface area contributed by atoms with Crippen LogP contribution in [0, 0.1) is 17.2 Å². The maximum absolute atomic E-state index is 8.69. The van der Waals surface area contributed by atoms with E-state index in [1.165, 1.54) is 12.8 Å². The van der Waals surface area contributed by atoms with Gasteiger partial charge in [0.2, 0.25) is 5.89 Å². The second-order valence-electron chi connectivity index (χ2n) is 6.44. The van der Waals surface area contributed by atoms with Crippen molar-refractivity contribution in [3.05, 3.63) is 11.7 Å². The zero-order valence-electron chi connectivity index (χ0n) is 12.2. The summed E-state index contributed by atoms with van der Waals surface area (Å²) < 4.78 is 5.37. The normalized spacial score (nSPS) is 31.1. The summed E-state index contributed by atoms with van der Waals surface area (Å²) in [7, 11) is 2.24. The van der Waals surface area contributed by atoms with E-state index in [0.717, 1.165) is 18.7 Å². The fourth-order valence-corrected chi connectivity index (χ4v) is 3.67. The Morgan fingerprint density at radius 1 is 1.40 bits per heavy atom. The molecule has 2 aliphatic heterocycles. The smallest absolute Gasteiger partial charge is 0.226 e. The van der Waals surface area contributed by atoms with E-state index in [4.69, 9.17) is 9.78 Å². The van der Waals surface area contributed by atoms with Crippen LogP contribution in [0.25, 0.3) is 0 Å². The molecule has 2 bridgehead atoms. The number of hydrogen-bond donors (Lipinski definition) is 0. The molecule has 0 spiro atoms. The van der Waals surface area contributed by atoms with Crippen LogP contribution in [-0.4, -0.2) is 34.2 Å². The molecule has 0 aliphatic carbocycles. The zero-order chi connectivity index (χ0) is 14.1. The predicted octanol–water partition coefficient (Wildman–Crippen LogP) is 2.50. The highest BCUT2D eigenvalue weighted by atomic mass is 16.5. The van der Waals surface area contributed by atoms with Gasteiger partial charge < -0.3 is 9.42 Å². The number of aromatic nitrogens is 2. The first-order valence-electron chi connectivity index (χ1n) is 7.58. The van der Waals surface area contributed by atoms with Crippen molar-refractivity contribution in [1.82, 2.24) is 15.0 Å². The number of piperidine rings is 1. The van der Waals surface area contributed by atoms with Gasteiger partial charge in [-0.25, -0.2) is 0 Å². The molecule has 3 rings (SSSR count). The molecule has 2 fully saturated rings. The third-order valence-corrected chi connectivity index (χ3v) is 4.91. The molecule has 2 saturated heterocycles. The van der Waals surface area contributed by atoms with Gasteiger partial charge in [-0.3, -0.25) is 0 Å². The van der Waals surface area contributed by atoms with Crippen molar-refractivity contribution < 1.29 is 4.52 Å². The fraction of sp³-hybridized carbons (Fsp3) is 0.800. The molecular formula is C15H22N4O. The minimum atomic E-state index is 0.280. The van der Waals surface area contributed by atoms with Crippen molar-refractivity contribution in [1.29, 1.82) is 5.26 Å². The Labute approximate surface area is 120 Å². The summed E-state index contributed by atoms with van der Waals surface area (Å²) >= 11 is 0. The summed E-state index contributed by atoms with van der Waals surface area (Å²) in [5, 5.41) is 12.9. The van der Waals surface area contributed by atoms with Gasteiger partial charge in [-0.05, 0) is 38.6 Å². The topological polar surface area (TPSA) is 66.0 Å². The van der Waals surface area contributed by atoms with E-state index in [1.54, 1.807) is 0 Å². The quantitative estimate of drug-likeness (QED) is 0.844. The number of nitriles is 1. The Hall–Kier alpha value is -1.41. The van der Waals surface area contributed by atoms with E-state index in [1.807, 2.05) is 6.92 Å². The lowest BCUT2D eigenvalue weighted by Gasteiger charge is -2.34. The highest BCUT2D eigenvalue weighted by molar-refractivity contribution is 5.05. The number of rotatable bonds is 4. The molecule has 0 radical (unpaired) electrons. The molecular weight excluding hydrogens is 252 g/mol. The fourth-order valence-electron chi connectivity index (χ4n) is 3.67. The van der Waals surface area contributed by atoms with Crippen LogP contribution in [0.15, 0.2) is 4.52 Å². The van der Waals surface area contributed by atoms with Crippen molar-refractivity contribution in [2.24, 2.45) is 5.92 Å². The molecule has 1 aromatic heterocycles. The van der Waals surface area contributed by atoms with Crippen molar-refractivity contribution in [2.45, 2.75) is 63.5 Å². The maximum Gasteiger partial charge on any atom is 0.226 e. The molecule has 20 heavy (non-hydrogen) atoms. The second-order valence-corrected chi connectivity index (χ2v) is 6.44. The molecule has 3 unspecified atom stereocenters. The summed E-state index contributed by atoms with van der Waals surface area (Å²) in [5.41, 5.74) is 0. The monoisotopic (exact) mass is 274 g/mol. The SMILES string of the molecule is CC(CC#N)Cc1nc(C2CC3CCC(C2)N3C)no1. The van der Waals surface area contributed by atoms with Crippen molar-refractivity contribution in [3.63, 3.8) is 0 Å². The number of nitrogens with zero attached hydrogens (tertiary/aromatic N) is 4. The number of fused-ring (bicyclic) bond motifs is 2. The van der Waals surface area contributed by atoms with Crippen LogP contribution < -0.4 is 0 Å². The third kappa shape index (κ3) is 2.57. The van der Waals surface area contributed by atoms with Crippen LogP contribution in [0.1, 0.15) is 56.7 Å². The Kier molecular flexibility index (Phi) is 3.75. The van der Waals surface area contributed by atoms with Crippen molar-refractivity contribution in [2.75, 3.05) is 7.05 Å². The van der Waals surface area contributed by atoms with E-state index >= 15 is 0 Å². The lowest BCUT2D eigenvalue weighted by atomic mass is 9.90. The van der Waals surface area contributed by atoms with Crippen LogP contribution in [0.5, 0.6) is 0 Å². The Balaban J connectivity index is 1.64. The molecule has 0 N–H and O–H groups in total. The standard InChI is InChI=1S/C15H22N4O/c1-10(5-6-16)7-14-17-15(18-20-14)11-8-12-3-4-13(9-11)19(12)2/h10-13H,3-5,7-9H2,1-2H3. The van der Waals surface area contributed by atoms with Crippen molar-refractivity contribution in [3.8, 4) is 6.07 Å². The molecule has 2 aliphatic rings. The van der Waals surface area contributed by atoms with Crippen LogP contribution in [0.4, 0.5) is 0 Å². The van der Waals surface area contributed by atoms with Gasteiger partial charge in [0.1, 0.15) is 0 Å². The first-order valence-corrected chi connectivity index (χ1v) is 7.58. The maximum atomic E-state index is 8.69. The summed E-state index contributed by atoms with van der Waals surface area (Å²) in [4.78, 5) is 7.09. The summed E-state index contributed by atoms with van der Waals surface area (Å²) in [6.07, 6.45) is 6.17. The number of hydrogen-bond acceptors (Lipinski definition) is 5. The van der Waals surface area contributed by atoms with Gasteiger partial charge in [0.05, 0.1) is 6.07 Å². The second kappa shape index (κ2) is 5.53. The van der Waals surface area contributed by atoms with Gasteiger partial charge in [0, 0.05) is 30.8 Å². The van der Waals surface area contributed by atoms with Crippen LogP contribution in [-0.2, 0) is 6.42 Å². The Morgan fingerprint density at radius 2 is 2.10 bits per heavy atom. The molecule has 108 valence electrons. The first-order chi connectivity index (χ1) is 9.67. The summed E-state index contributed by atoms with van der Waals surface area (Å²) in [6, 6.07) is 3.57. The molecule has 1 aromatic rings. The lowest BCUT2D eigenvalue weighted by molar-refractivity contribution is 0.157. The molecule has 3 atom stereocenters. The molecule has 0 amide bonds. The van der Waals surface area contributed by atoms with Crippen LogP contribution in [0.3, 0.4) is 0 Å². The zero-order valence-corrected chi connectivity index (χ0v) is 12.2. The Bertz CT molecular complexity index is 492. The van der Waals surface area contributed by atoms with Gasteiger partial charge in [0.15, 0.2) is 5.82 Å². The summed E-state index contributed by atoms with van der Waals surface area (Å²) in [6.45, 7) is 2.04. The molecule has 5 nitrogen and oxygen atoms in total.